The number of nitrogens with zero attached hydrogens (tertiary/aromatic N) is 2. The third kappa shape index (κ3) is 3.72. The van der Waals surface area contributed by atoms with Crippen LogP contribution in [0.2, 0.25) is 0 Å². The van der Waals surface area contributed by atoms with Gasteiger partial charge in [-0.2, -0.15) is 0 Å². The minimum Gasteiger partial charge on any atom is -0.355 e. The van der Waals surface area contributed by atoms with Crippen LogP contribution in [0.4, 0.5) is 0 Å². The average molecular weight is 341 g/mol. The van der Waals surface area contributed by atoms with Gasteiger partial charge in [0.05, 0.1) is 10.9 Å². The van der Waals surface area contributed by atoms with Crippen LogP contribution in [-0.4, -0.2) is 36.6 Å². The molecule has 0 aliphatic heterocycles. The van der Waals surface area contributed by atoms with Gasteiger partial charge < -0.3 is 14.7 Å². The summed E-state index contributed by atoms with van der Waals surface area (Å²) >= 11 is 1.55. The number of likely N-dealkylation sites (N-methyl/N-ethyl adjacent to an activating group) is 1. The number of amides is 1. The van der Waals surface area contributed by atoms with Crippen molar-refractivity contribution < 1.29 is 9.32 Å². The summed E-state index contributed by atoms with van der Waals surface area (Å²) in [6, 6.07) is 15.7. The van der Waals surface area contributed by atoms with Gasteiger partial charge in [-0.25, -0.2) is 0 Å². The van der Waals surface area contributed by atoms with E-state index in [-0.39, 0.29) is 11.9 Å². The van der Waals surface area contributed by atoms with E-state index in [0.29, 0.717) is 18.0 Å². The van der Waals surface area contributed by atoms with E-state index in [4.69, 9.17) is 4.52 Å². The lowest BCUT2D eigenvalue weighted by molar-refractivity contribution is 0.0933. The van der Waals surface area contributed by atoms with Crippen molar-refractivity contribution in [2.24, 2.45) is 0 Å². The molecule has 0 radical (unpaired) electrons. The zero-order valence-electron chi connectivity index (χ0n) is 13.6. The van der Waals surface area contributed by atoms with Crippen molar-refractivity contribution in [3.05, 3.63) is 65.2 Å². The maximum Gasteiger partial charge on any atom is 0.273 e. The molecule has 1 N–H and O–H groups in total. The molecule has 0 aliphatic rings. The molecule has 3 rings (SSSR count). The van der Waals surface area contributed by atoms with E-state index in [9.17, 15) is 4.79 Å². The van der Waals surface area contributed by atoms with Gasteiger partial charge in [-0.05, 0) is 31.1 Å². The summed E-state index contributed by atoms with van der Waals surface area (Å²) in [4.78, 5) is 15.4. The molecule has 0 saturated heterocycles. The fraction of sp³-hybridized carbons (Fsp3) is 0.222. The van der Waals surface area contributed by atoms with Crippen LogP contribution in [0, 0.1) is 0 Å². The van der Waals surface area contributed by atoms with Gasteiger partial charge in [-0.1, -0.05) is 41.6 Å². The zero-order chi connectivity index (χ0) is 16.9. The maximum absolute atomic E-state index is 12.3. The highest BCUT2D eigenvalue weighted by Crippen LogP contribution is 2.25. The van der Waals surface area contributed by atoms with Crippen LogP contribution in [0.3, 0.4) is 0 Å². The Labute approximate surface area is 144 Å². The lowest BCUT2D eigenvalue weighted by atomic mass is 10.1. The Morgan fingerprint density at radius 2 is 2.04 bits per heavy atom. The van der Waals surface area contributed by atoms with Crippen LogP contribution < -0.4 is 5.32 Å². The Balaban J connectivity index is 1.66. The average Bonchev–Trinajstić information content (AvgIpc) is 3.27. The molecule has 1 amide bonds. The topological polar surface area (TPSA) is 58.4 Å². The van der Waals surface area contributed by atoms with Crippen LogP contribution >= 0.6 is 11.3 Å². The van der Waals surface area contributed by atoms with Gasteiger partial charge in [0.1, 0.15) is 0 Å². The van der Waals surface area contributed by atoms with Crippen molar-refractivity contribution in [3.8, 4) is 10.6 Å². The molecule has 5 nitrogen and oxygen atoms in total. The number of aromatic nitrogens is 1. The van der Waals surface area contributed by atoms with Gasteiger partial charge in [-0.15, -0.1) is 11.3 Å². The first-order chi connectivity index (χ1) is 11.6. The lowest BCUT2D eigenvalue weighted by Crippen LogP contribution is -2.34. The molecule has 0 aliphatic carbocycles. The van der Waals surface area contributed by atoms with Crippen molar-refractivity contribution in [2.75, 3.05) is 20.6 Å². The summed E-state index contributed by atoms with van der Waals surface area (Å²) in [6.45, 7) is 0.497. The molecule has 2 aromatic heterocycles. The fourth-order valence-electron chi connectivity index (χ4n) is 2.47. The molecule has 0 fully saturated rings. The number of benzene rings is 1. The van der Waals surface area contributed by atoms with Crippen molar-refractivity contribution in [1.29, 1.82) is 0 Å². The van der Waals surface area contributed by atoms with Crippen LogP contribution in [0.5, 0.6) is 0 Å². The highest BCUT2D eigenvalue weighted by molar-refractivity contribution is 7.13. The number of carbonyl (C=O) groups excluding carboxylic acids is 1. The molecule has 0 saturated carbocycles. The summed E-state index contributed by atoms with van der Waals surface area (Å²) in [7, 11) is 3.99. The van der Waals surface area contributed by atoms with Crippen LogP contribution in [-0.2, 0) is 0 Å². The Morgan fingerprint density at radius 1 is 1.25 bits per heavy atom. The predicted octanol–water partition coefficient (Wildman–Crippen LogP) is 3.44. The van der Waals surface area contributed by atoms with E-state index >= 15 is 0 Å². The Kier molecular flexibility index (Phi) is 5.08. The first-order valence-corrected chi connectivity index (χ1v) is 8.53. The first-order valence-electron chi connectivity index (χ1n) is 7.65. The van der Waals surface area contributed by atoms with E-state index in [1.165, 1.54) is 0 Å². The monoisotopic (exact) mass is 341 g/mol. The second-order valence-electron chi connectivity index (χ2n) is 5.65. The van der Waals surface area contributed by atoms with E-state index in [0.717, 1.165) is 10.4 Å². The SMILES string of the molecule is CN(C)C(CNC(=O)c1cc(-c2cccs2)on1)c1ccccc1. The molecular weight excluding hydrogens is 322 g/mol. The second kappa shape index (κ2) is 7.42. The maximum atomic E-state index is 12.3. The molecule has 2 heterocycles. The van der Waals surface area contributed by atoms with Crippen LogP contribution in [0.25, 0.3) is 10.6 Å². The molecule has 0 spiro atoms. The third-order valence-electron chi connectivity index (χ3n) is 3.77. The van der Waals surface area contributed by atoms with Crippen molar-refractivity contribution in [1.82, 2.24) is 15.4 Å². The van der Waals surface area contributed by atoms with Crippen LogP contribution in [0.1, 0.15) is 22.1 Å². The normalized spacial score (nSPS) is 12.3. The summed E-state index contributed by atoms with van der Waals surface area (Å²) < 4.78 is 5.26. The fourth-order valence-corrected chi connectivity index (χ4v) is 3.14. The first kappa shape index (κ1) is 16.4. The lowest BCUT2D eigenvalue weighted by Gasteiger charge is -2.24. The Morgan fingerprint density at radius 3 is 2.71 bits per heavy atom. The van der Waals surface area contributed by atoms with E-state index in [1.807, 2.05) is 49.8 Å². The summed E-state index contributed by atoms with van der Waals surface area (Å²) in [5, 5.41) is 8.77. The largest absolute Gasteiger partial charge is 0.355 e. The molecule has 0 bridgehead atoms. The second-order valence-corrected chi connectivity index (χ2v) is 6.60. The minimum absolute atomic E-state index is 0.0961. The van der Waals surface area contributed by atoms with E-state index in [2.05, 4.69) is 27.5 Å². The highest BCUT2D eigenvalue weighted by atomic mass is 32.1. The van der Waals surface area contributed by atoms with Crippen molar-refractivity contribution in [2.45, 2.75) is 6.04 Å². The van der Waals surface area contributed by atoms with Gasteiger partial charge in [0.2, 0.25) is 0 Å². The smallest absolute Gasteiger partial charge is 0.273 e. The van der Waals surface area contributed by atoms with Gasteiger partial charge >= 0.3 is 0 Å². The summed E-state index contributed by atoms with van der Waals surface area (Å²) in [6.07, 6.45) is 0. The van der Waals surface area contributed by atoms with Gasteiger partial charge in [0, 0.05) is 12.6 Å². The molecule has 24 heavy (non-hydrogen) atoms. The number of nitrogens with one attached hydrogen (secondary N) is 1. The van der Waals surface area contributed by atoms with Gasteiger partial charge in [0.25, 0.3) is 5.91 Å². The number of thiophene rings is 1. The number of hydrogen-bond donors (Lipinski definition) is 1. The van der Waals surface area contributed by atoms with E-state index < -0.39 is 0 Å². The molecular formula is C18H19N3O2S. The number of carbonyl (C=O) groups is 1. The molecule has 6 heteroatoms. The number of hydrogen-bond acceptors (Lipinski definition) is 5. The van der Waals surface area contributed by atoms with Crippen LogP contribution in [0.15, 0.2) is 58.4 Å². The third-order valence-corrected chi connectivity index (χ3v) is 4.65. The van der Waals surface area contributed by atoms with Crippen molar-refractivity contribution in [3.63, 3.8) is 0 Å². The minimum atomic E-state index is -0.232. The summed E-state index contributed by atoms with van der Waals surface area (Å²) in [5.41, 5.74) is 1.45. The van der Waals surface area contributed by atoms with E-state index in [1.54, 1.807) is 17.4 Å². The Hall–Kier alpha value is -2.44. The standard InChI is InChI=1S/C18H19N3O2S/c1-21(2)15(13-7-4-3-5-8-13)12-19-18(22)14-11-16(23-20-14)17-9-6-10-24-17/h3-11,15H,12H2,1-2H3,(H,19,22). The molecule has 1 aromatic carbocycles. The molecule has 1 atom stereocenters. The molecule has 3 aromatic rings. The Bertz CT molecular complexity index is 782. The highest BCUT2D eigenvalue weighted by Gasteiger charge is 2.18. The summed E-state index contributed by atoms with van der Waals surface area (Å²) in [5.74, 6) is 0.381. The predicted molar refractivity (Wildman–Crippen MR) is 95.0 cm³/mol. The quantitative estimate of drug-likeness (QED) is 0.746. The van der Waals surface area contributed by atoms with Gasteiger partial charge in [0.15, 0.2) is 11.5 Å². The van der Waals surface area contributed by atoms with Gasteiger partial charge in [-0.3, -0.25) is 4.79 Å². The number of rotatable bonds is 6. The molecule has 1 unspecified atom stereocenters. The van der Waals surface area contributed by atoms with Crippen molar-refractivity contribution >= 4 is 17.2 Å². The molecule has 124 valence electrons. The zero-order valence-corrected chi connectivity index (χ0v) is 14.4.